The van der Waals surface area contributed by atoms with Gasteiger partial charge < -0.3 is 9.47 Å². The zero-order valence-electron chi connectivity index (χ0n) is 16.3. The fourth-order valence-electron chi connectivity index (χ4n) is 2.80. The van der Waals surface area contributed by atoms with Crippen molar-refractivity contribution in [2.24, 2.45) is 0 Å². The summed E-state index contributed by atoms with van der Waals surface area (Å²) >= 11 is 1.46. The Bertz CT molecular complexity index is 784. The van der Waals surface area contributed by atoms with E-state index in [1.165, 1.54) is 17.3 Å². The lowest BCUT2D eigenvalue weighted by molar-refractivity contribution is -0.129. The van der Waals surface area contributed by atoms with E-state index in [1.54, 1.807) is 0 Å². The van der Waals surface area contributed by atoms with Gasteiger partial charge in [-0.25, -0.2) is 0 Å². The third-order valence-corrected chi connectivity index (χ3v) is 5.16. The summed E-state index contributed by atoms with van der Waals surface area (Å²) in [7, 11) is 0. The van der Waals surface area contributed by atoms with Crippen molar-refractivity contribution in [3.63, 3.8) is 0 Å². The average Bonchev–Trinajstić information content (AvgIpc) is 3.01. The number of thioether (sulfide) groups is 1. The Hall–Kier alpha value is -2.08. The van der Waals surface area contributed by atoms with Crippen LogP contribution in [0.25, 0.3) is 11.4 Å². The smallest absolute Gasteiger partial charge is 0.236 e. The Kier molecular flexibility index (Phi) is 7.03. The number of rotatable bonds is 8. The summed E-state index contributed by atoms with van der Waals surface area (Å²) < 4.78 is 2.07. The Balaban J connectivity index is 2.22. The number of hydrogen-bond acceptors (Lipinski definition) is 4. The molecule has 1 unspecified atom stereocenters. The van der Waals surface area contributed by atoms with Gasteiger partial charge in [0, 0.05) is 25.2 Å². The van der Waals surface area contributed by atoms with Gasteiger partial charge in [-0.1, -0.05) is 47.7 Å². The number of likely N-dealkylation sites (N-methyl/N-ethyl adjacent to an activating group) is 1. The van der Waals surface area contributed by atoms with Crippen molar-refractivity contribution in [3.8, 4) is 11.4 Å². The van der Waals surface area contributed by atoms with E-state index in [1.807, 2.05) is 37.8 Å². The van der Waals surface area contributed by atoms with E-state index >= 15 is 0 Å². The highest BCUT2D eigenvalue weighted by molar-refractivity contribution is 8.00. The van der Waals surface area contributed by atoms with Crippen LogP contribution in [0, 0.1) is 6.92 Å². The Labute approximate surface area is 160 Å². The molecule has 26 heavy (non-hydrogen) atoms. The van der Waals surface area contributed by atoms with Crippen molar-refractivity contribution in [2.75, 3.05) is 13.1 Å². The maximum Gasteiger partial charge on any atom is 0.236 e. The third-order valence-electron chi connectivity index (χ3n) is 4.09. The number of benzene rings is 1. The molecule has 1 aromatic carbocycles. The predicted octanol–water partition coefficient (Wildman–Crippen LogP) is 4.18. The van der Waals surface area contributed by atoms with E-state index in [0.717, 1.165) is 28.7 Å². The van der Waals surface area contributed by atoms with Crippen LogP contribution in [0.1, 0.15) is 33.3 Å². The molecular formula is C20H28N4OS. The maximum absolute atomic E-state index is 12.7. The second-order valence-electron chi connectivity index (χ2n) is 6.49. The minimum Gasteiger partial charge on any atom is -0.338 e. The first-order chi connectivity index (χ1) is 12.4. The van der Waals surface area contributed by atoms with Crippen LogP contribution in [0.5, 0.6) is 0 Å². The van der Waals surface area contributed by atoms with Crippen LogP contribution >= 0.6 is 11.8 Å². The van der Waals surface area contributed by atoms with Crippen LogP contribution in [0.15, 0.2) is 41.6 Å². The van der Waals surface area contributed by atoms with E-state index in [4.69, 9.17) is 0 Å². The highest BCUT2D eigenvalue weighted by atomic mass is 32.2. The van der Waals surface area contributed by atoms with E-state index in [-0.39, 0.29) is 11.2 Å². The number of nitrogens with zero attached hydrogens (tertiary/aromatic N) is 4. The van der Waals surface area contributed by atoms with Crippen LogP contribution in [-0.4, -0.2) is 43.9 Å². The second-order valence-corrected chi connectivity index (χ2v) is 7.80. The van der Waals surface area contributed by atoms with Gasteiger partial charge in [-0.05, 0) is 40.7 Å². The topological polar surface area (TPSA) is 51.0 Å². The van der Waals surface area contributed by atoms with Gasteiger partial charge in [0.05, 0.1) is 5.25 Å². The number of carbonyl (C=O) groups excluding carboxylic acids is 1. The number of amides is 1. The molecule has 0 spiro atoms. The van der Waals surface area contributed by atoms with E-state index in [0.29, 0.717) is 13.1 Å². The summed E-state index contributed by atoms with van der Waals surface area (Å²) in [6.45, 7) is 15.9. The summed E-state index contributed by atoms with van der Waals surface area (Å²) in [4.78, 5) is 14.6. The molecule has 0 aliphatic carbocycles. The Morgan fingerprint density at radius 3 is 2.65 bits per heavy atom. The third kappa shape index (κ3) is 4.75. The molecule has 0 bridgehead atoms. The summed E-state index contributed by atoms with van der Waals surface area (Å²) in [5.41, 5.74) is 3.21. The molecule has 6 heteroatoms. The molecule has 0 aliphatic rings. The normalized spacial score (nSPS) is 12.0. The fraction of sp³-hybridized carbons (Fsp3) is 0.450. The first kappa shape index (κ1) is 20.2. The van der Waals surface area contributed by atoms with E-state index in [9.17, 15) is 4.79 Å². The van der Waals surface area contributed by atoms with Crippen LogP contribution in [0.4, 0.5) is 0 Å². The lowest BCUT2D eigenvalue weighted by Gasteiger charge is -2.24. The molecule has 0 fully saturated rings. The van der Waals surface area contributed by atoms with Crippen LogP contribution in [0.3, 0.4) is 0 Å². The molecule has 5 nitrogen and oxygen atoms in total. The van der Waals surface area contributed by atoms with Gasteiger partial charge in [0.15, 0.2) is 11.0 Å². The van der Waals surface area contributed by atoms with Gasteiger partial charge in [0.1, 0.15) is 0 Å². The zero-order chi connectivity index (χ0) is 19.3. The first-order valence-electron chi connectivity index (χ1n) is 8.97. The molecule has 0 saturated heterocycles. The molecule has 0 aliphatic heterocycles. The van der Waals surface area contributed by atoms with Gasteiger partial charge in [0.25, 0.3) is 0 Å². The molecule has 0 saturated carbocycles. The van der Waals surface area contributed by atoms with Crippen LogP contribution in [-0.2, 0) is 11.3 Å². The molecule has 2 rings (SSSR count). The summed E-state index contributed by atoms with van der Waals surface area (Å²) in [6, 6.07) is 8.23. The van der Waals surface area contributed by atoms with Crippen LogP contribution in [0.2, 0.25) is 0 Å². The van der Waals surface area contributed by atoms with Crippen molar-refractivity contribution < 1.29 is 4.79 Å². The van der Waals surface area contributed by atoms with E-state index < -0.39 is 0 Å². The molecule has 140 valence electrons. The summed E-state index contributed by atoms with van der Waals surface area (Å²) in [6.07, 6.45) is 0. The molecule has 1 atom stereocenters. The molecule has 0 N–H and O–H groups in total. The lowest BCUT2D eigenvalue weighted by Crippen LogP contribution is -2.37. The first-order valence-corrected chi connectivity index (χ1v) is 9.85. The highest BCUT2D eigenvalue weighted by Gasteiger charge is 2.23. The van der Waals surface area contributed by atoms with Crippen molar-refractivity contribution in [3.05, 3.63) is 42.0 Å². The van der Waals surface area contributed by atoms with Gasteiger partial charge in [-0.2, -0.15) is 0 Å². The fourth-order valence-corrected chi connectivity index (χ4v) is 3.79. The number of carbonyl (C=O) groups is 1. The Morgan fingerprint density at radius 1 is 1.35 bits per heavy atom. The van der Waals surface area contributed by atoms with Gasteiger partial charge >= 0.3 is 0 Å². The maximum atomic E-state index is 12.7. The number of aromatic nitrogens is 3. The lowest BCUT2D eigenvalue weighted by atomic mass is 10.1. The summed E-state index contributed by atoms with van der Waals surface area (Å²) in [5.74, 6) is 0.941. The average molecular weight is 373 g/mol. The molecule has 1 heterocycles. The molecular weight excluding hydrogens is 344 g/mol. The van der Waals surface area contributed by atoms with Crippen molar-refractivity contribution in [1.29, 1.82) is 0 Å². The largest absolute Gasteiger partial charge is 0.338 e. The Morgan fingerprint density at radius 2 is 2.08 bits per heavy atom. The van der Waals surface area contributed by atoms with E-state index in [2.05, 4.69) is 47.3 Å². The van der Waals surface area contributed by atoms with Gasteiger partial charge in [0.2, 0.25) is 5.91 Å². The predicted molar refractivity (Wildman–Crippen MR) is 108 cm³/mol. The number of hydrogen-bond donors (Lipinski definition) is 0. The standard InChI is InChI=1S/C20H28N4OS/c1-7-23(13-14(3)4)19(25)16(6)26-20-22-21-18(24(20)8-2)17-11-9-10-15(5)12-17/h9-12,16H,3,7-8,13H2,1-2,4-6H3. The van der Waals surface area contributed by atoms with Gasteiger partial charge in [-0.15, -0.1) is 10.2 Å². The minimum atomic E-state index is -0.228. The second kappa shape index (κ2) is 9.03. The van der Waals surface area contributed by atoms with Crippen molar-refractivity contribution >= 4 is 17.7 Å². The van der Waals surface area contributed by atoms with Gasteiger partial charge in [-0.3, -0.25) is 4.79 Å². The zero-order valence-corrected chi connectivity index (χ0v) is 17.1. The molecule has 2 aromatic rings. The summed E-state index contributed by atoms with van der Waals surface area (Å²) in [5, 5.41) is 9.27. The van der Waals surface area contributed by atoms with Crippen molar-refractivity contribution in [2.45, 2.75) is 51.6 Å². The monoisotopic (exact) mass is 372 g/mol. The minimum absolute atomic E-state index is 0.100. The number of aryl methyl sites for hydroxylation is 1. The molecule has 1 aromatic heterocycles. The quantitative estimate of drug-likeness (QED) is 0.515. The SMILES string of the molecule is C=C(C)CN(CC)C(=O)C(C)Sc1nnc(-c2cccc(C)c2)n1CC. The highest BCUT2D eigenvalue weighted by Crippen LogP contribution is 2.28. The molecule has 0 radical (unpaired) electrons. The van der Waals surface area contributed by atoms with Crippen LogP contribution < -0.4 is 0 Å². The van der Waals surface area contributed by atoms with Crippen molar-refractivity contribution in [1.82, 2.24) is 19.7 Å². The molecule has 1 amide bonds.